The Hall–Kier alpha value is -2.10. The second-order valence-corrected chi connectivity index (χ2v) is 5.07. The van der Waals surface area contributed by atoms with E-state index in [-0.39, 0.29) is 0 Å². The average molecular weight is 397 g/mol. The van der Waals surface area contributed by atoms with E-state index in [0.717, 1.165) is 0 Å². The fraction of sp³-hybridized carbons (Fsp3) is 0.308. The Kier molecular flexibility index (Phi) is 7.01. The van der Waals surface area contributed by atoms with E-state index in [2.05, 4.69) is 26.0 Å². The summed E-state index contributed by atoms with van der Waals surface area (Å²) in [6.07, 6.45) is -4.54. The molecule has 0 aliphatic rings. The summed E-state index contributed by atoms with van der Waals surface area (Å²) < 4.78 is 40.5. The Morgan fingerprint density at radius 1 is 1.13 bits per heavy atom. The molecule has 0 aromatic heterocycles. The van der Waals surface area contributed by atoms with Crippen LogP contribution in [0.4, 0.5) is 13.2 Å². The first kappa shape index (κ1) is 18.9. The zero-order valence-corrected chi connectivity index (χ0v) is 13.2. The Balaban J connectivity index is 2.31. The number of rotatable bonds is 6. The number of ether oxygens (including phenoxy) is 1. The number of hydrogen-bond acceptors (Lipinski definition) is 4. The van der Waals surface area contributed by atoms with Gasteiger partial charge in [0.25, 0.3) is 11.8 Å². The lowest BCUT2D eigenvalue weighted by molar-refractivity contribution is -0.150. The van der Waals surface area contributed by atoms with E-state index in [9.17, 15) is 27.6 Å². The second kappa shape index (κ2) is 8.51. The first-order valence-electron chi connectivity index (χ1n) is 6.21. The number of amides is 2. The molecule has 0 aliphatic heterocycles. The molecule has 0 radical (unpaired) electrons. The van der Waals surface area contributed by atoms with Gasteiger partial charge in [-0.2, -0.15) is 13.2 Å². The van der Waals surface area contributed by atoms with Gasteiger partial charge in [-0.25, -0.2) is 0 Å². The first-order chi connectivity index (χ1) is 10.7. The third-order valence-electron chi connectivity index (χ3n) is 2.36. The van der Waals surface area contributed by atoms with Gasteiger partial charge in [0.15, 0.2) is 6.61 Å². The molecule has 0 unspecified atom stereocenters. The predicted octanol–water partition coefficient (Wildman–Crippen LogP) is 1.40. The highest BCUT2D eigenvalue weighted by molar-refractivity contribution is 9.10. The van der Waals surface area contributed by atoms with E-state index in [1.54, 1.807) is 23.5 Å². The lowest BCUT2D eigenvalue weighted by atomic mass is 10.2. The number of nitrogens with one attached hydrogen (secondary N) is 2. The SMILES string of the molecule is O=C(COC(=O)CNC(=O)c1ccccc1Br)NCC(F)(F)F. The van der Waals surface area contributed by atoms with Crippen molar-refractivity contribution in [2.75, 3.05) is 19.7 Å². The van der Waals surface area contributed by atoms with Gasteiger partial charge >= 0.3 is 12.1 Å². The summed E-state index contributed by atoms with van der Waals surface area (Å²) in [7, 11) is 0. The Morgan fingerprint density at radius 3 is 2.39 bits per heavy atom. The Bertz CT molecular complexity index is 593. The van der Waals surface area contributed by atoms with Crippen LogP contribution < -0.4 is 10.6 Å². The molecule has 2 amide bonds. The standard InChI is InChI=1S/C13H12BrF3N2O4/c14-9-4-2-1-3-8(9)12(22)18-5-11(21)23-6-10(20)19-7-13(15,16)17/h1-4H,5-7H2,(H,18,22)(H,19,20). The molecule has 1 aromatic carbocycles. The minimum atomic E-state index is -4.54. The molecule has 1 rings (SSSR count). The number of esters is 1. The highest BCUT2D eigenvalue weighted by Gasteiger charge is 2.27. The summed E-state index contributed by atoms with van der Waals surface area (Å²) in [5.74, 6) is -2.59. The zero-order valence-electron chi connectivity index (χ0n) is 11.6. The van der Waals surface area contributed by atoms with Crippen molar-refractivity contribution in [2.45, 2.75) is 6.18 Å². The van der Waals surface area contributed by atoms with Gasteiger partial charge in [-0.05, 0) is 28.1 Å². The third-order valence-corrected chi connectivity index (χ3v) is 3.05. The monoisotopic (exact) mass is 396 g/mol. The van der Waals surface area contributed by atoms with Gasteiger partial charge in [-0.3, -0.25) is 14.4 Å². The predicted molar refractivity (Wildman–Crippen MR) is 76.5 cm³/mol. The van der Waals surface area contributed by atoms with Crippen LogP contribution >= 0.6 is 15.9 Å². The Labute approximate surface area is 137 Å². The topological polar surface area (TPSA) is 84.5 Å². The van der Waals surface area contributed by atoms with Crippen molar-refractivity contribution in [3.63, 3.8) is 0 Å². The molecule has 1 aromatic rings. The molecular weight excluding hydrogens is 385 g/mol. The van der Waals surface area contributed by atoms with Gasteiger partial charge in [0.2, 0.25) is 0 Å². The van der Waals surface area contributed by atoms with Crippen LogP contribution in [0.2, 0.25) is 0 Å². The van der Waals surface area contributed by atoms with Crippen molar-refractivity contribution in [3.05, 3.63) is 34.3 Å². The lowest BCUT2D eigenvalue weighted by Crippen LogP contribution is -2.37. The minimum Gasteiger partial charge on any atom is -0.454 e. The molecule has 2 N–H and O–H groups in total. The van der Waals surface area contributed by atoms with Crippen LogP contribution in [0.15, 0.2) is 28.7 Å². The molecule has 10 heteroatoms. The van der Waals surface area contributed by atoms with Gasteiger partial charge in [0, 0.05) is 4.47 Å². The van der Waals surface area contributed by atoms with Crippen LogP contribution in [0.5, 0.6) is 0 Å². The van der Waals surface area contributed by atoms with E-state index < -0.39 is 43.7 Å². The van der Waals surface area contributed by atoms with Crippen molar-refractivity contribution in [3.8, 4) is 0 Å². The molecule has 0 aliphatic carbocycles. The molecule has 0 saturated heterocycles. The van der Waals surface area contributed by atoms with Crippen molar-refractivity contribution in [1.29, 1.82) is 0 Å². The number of halogens is 4. The fourth-order valence-electron chi connectivity index (χ4n) is 1.34. The maximum absolute atomic E-state index is 11.8. The van der Waals surface area contributed by atoms with Crippen LogP contribution in [0.1, 0.15) is 10.4 Å². The summed E-state index contributed by atoms with van der Waals surface area (Å²) >= 11 is 3.17. The average Bonchev–Trinajstić information content (AvgIpc) is 2.48. The van der Waals surface area contributed by atoms with Crippen molar-refractivity contribution in [2.24, 2.45) is 0 Å². The maximum Gasteiger partial charge on any atom is 0.405 e. The van der Waals surface area contributed by atoms with Crippen LogP contribution in [0.25, 0.3) is 0 Å². The number of carbonyl (C=O) groups is 3. The number of alkyl halides is 3. The molecule has 0 bridgehead atoms. The Morgan fingerprint density at radius 2 is 1.78 bits per heavy atom. The molecule has 6 nitrogen and oxygen atoms in total. The second-order valence-electron chi connectivity index (χ2n) is 4.22. The van der Waals surface area contributed by atoms with E-state index in [0.29, 0.717) is 10.0 Å². The molecule has 0 spiro atoms. The van der Waals surface area contributed by atoms with Gasteiger partial charge in [0.1, 0.15) is 13.1 Å². The molecule has 126 valence electrons. The van der Waals surface area contributed by atoms with Gasteiger partial charge < -0.3 is 15.4 Å². The van der Waals surface area contributed by atoms with Crippen molar-refractivity contribution < 1.29 is 32.3 Å². The summed E-state index contributed by atoms with van der Waals surface area (Å²) in [6, 6.07) is 6.49. The van der Waals surface area contributed by atoms with Crippen LogP contribution in [0.3, 0.4) is 0 Å². The largest absolute Gasteiger partial charge is 0.454 e. The molecule has 0 fully saturated rings. The first-order valence-corrected chi connectivity index (χ1v) is 7.00. The third kappa shape index (κ3) is 7.63. The van der Waals surface area contributed by atoms with Gasteiger partial charge in [-0.1, -0.05) is 12.1 Å². The highest BCUT2D eigenvalue weighted by atomic mass is 79.9. The van der Waals surface area contributed by atoms with Crippen molar-refractivity contribution in [1.82, 2.24) is 10.6 Å². The van der Waals surface area contributed by atoms with E-state index >= 15 is 0 Å². The summed E-state index contributed by atoms with van der Waals surface area (Å²) in [5, 5.41) is 3.81. The number of benzene rings is 1. The van der Waals surface area contributed by atoms with E-state index in [1.165, 1.54) is 6.07 Å². The number of hydrogen-bond donors (Lipinski definition) is 2. The summed E-state index contributed by atoms with van der Waals surface area (Å²) in [4.78, 5) is 34.1. The molecular formula is C13H12BrF3N2O4. The summed E-state index contributed by atoms with van der Waals surface area (Å²) in [5.41, 5.74) is 0.295. The lowest BCUT2D eigenvalue weighted by Gasteiger charge is -2.09. The zero-order chi connectivity index (χ0) is 17.5. The van der Waals surface area contributed by atoms with Crippen LogP contribution in [-0.2, 0) is 14.3 Å². The minimum absolute atomic E-state index is 0.295. The summed E-state index contributed by atoms with van der Waals surface area (Å²) in [6.45, 7) is -2.89. The van der Waals surface area contributed by atoms with Crippen LogP contribution in [-0.4, -0.2) is 43.7 Å². The highest BCUT2D eigenvalue weighted by Crippen LogP contribution is 2.15. The van der Waals surface area contributed by atoms with E-state index in [1.807, 2.05) is 0 Å². The fourth-order valence-corrected chi connectivity index (χ4v) is 1.80. The normalized spacial score (nSPS) is 10.8. The van der Waals surface area contributed by atoms with Gasteiger partial charge in [-0.15, -0.1) is 0 Å². The van der Waals surface area contributed by atoms with Gasteiger partial charge in [0.05, 0.1) is 5.56 Å². The van der Waals surface area contributed by atoms with Crippen molar-refractivity contribution >= 4 is 33.7 Å². The number of carbonyl (C=O) groups excluding carboxylic acids is 3. The quantitative estimate of drug-likeness (QED) is 0.711. The smallest absolute Gasteiger partial charge is 0.405 e. The molecule has 0 atom stereocenters. The molecule has 0 heterocycles. The van der Waals surface area contributed by atoms with E-state index in [4.69, 9.17) is 0 Å². The maximum atomic E-state index is 11.8. The molecule has 23 heavy (non-hydrogen) atoms. The molecule has 0 saturated carbocycles. The van der Waals surface area contributed by atoms with Crippen LogP contribution in [0, 0.1) is 0 Å².